The van der Waals surface area contributed by atoms with E-state index in [0.717, 1.165) is 33.1 Å². The molecule has 0 radical (unpaired) electrons. The molecule has 1 aliphatic heterocycles. The van der Waals surface area contributed by atoms with E-state index in [1.807, 2.05) is 12.1 Å². The molecule has 152 valence electrons. The van der Waals surface area contributed by atoms with Crippen LogP contribution in [0.1, 0.15) is 28.2 Å². The average Bonchev–Trinajstić information content (AvgIpc) is 3.12. The van der Waals surface area contributed by atoms with Crippen LogP contribution in [0.2, 0.25) is 0 Å². The maximum absolute atomic E-state index is 13.4. The van der Waals surface area contributed by atoms with Crippen LogP contribution in [0.15, 0.2) is 65.8 Å². The lowest BCUT2D eigenvalue weighted by molar-refractivity contribution is -0.139. The van der Waals surface area contributed by atoms with Gasteiger partial charge >= 0.3 is 6.18 Å². The van der Waals surface area contributed by atoms with Crippen LogP contribution in [0.25, 0.3) is 0 Å². The van der Waals surface area contributed by atoms with E-state index < -0.39 is 26.7 Å². The summed E-state index contributed by atoms with van der Waals surface area (Å²) in [4.78, 5) is -0.725. The molecule has 29 heavy (non-hydrogen) atoms. The van der Waals surface area contributed by atoms with E-state index in [-0.39, 0.29) is 19.0 Å². The van der Waals surface area contributed by atoms with Crippen molar-refractivity contribution in [3.63, 3.8) is 0 Å². The van der Waals surface area contributed by atoms with Gasteiger partial charge in [-0.05, 0) is 28.8 Å². The van der Waals surface area contributed by atoms with Crippen LogP contribution in [-0.2, 0) is 29.8 Å². The van der Waals surface area contributed by atoms with E-state index in [1.54, 1.807) is 36.3 Å². The standard InChI is InChI=1S/C20H18F3N3O2S/c1-25-11-15(10-24-25)17-13-26(12-14-6-2-3-7-16(14)17)29(27,28)19-9-5-4-8-18(19)20(21,22)23/h2-11,17H,12-13H2,1H3. The summed E-state index contributed by atoms with van der Waals surface area (Å²) in [6.07, 6.45) is -1.32. The van der Waals surface area contributed by atoms with Crippen LogP contribution in [0.3, 0.4) is 0 Å². The van der Waals surface area contributed by atoms with Crippen LogP contribution in [0, 0.1) is 0 Å². The monoisotopic (exact) mass is 421 g/mol. The second kappa shape index (κ2) is 7.00. The largest absolute Gasteiger partial charge is 0.417 e. The fraction of sp³-hybridized carbons (Fsp3) is 0.250. The molecule has 0 N–H and O–H groups in total. The van der Waals surface area contributed by atoms with Gasteiger partial charge in [0.1, 0.15) is 0 Å². The number of aryl methyl sites for hydroxylation is 1. The van der Waals surface area contributed by atoms with Crippen LogP contribution >= 0.6 is 0 Å². The Morgan fingerprint density at radius 3 is 2.45 bits per heavy atom. The molecular formula is C20H18F3N3O2S. The highest BCUT2D eigenvalue weighted by Crippen LogP contribution is 2.39. The van der Waals surface area contributed by atoms with Crippen molar-refractivity contribution in [3.05, 3.63) is 83.2 Å². The summed E-state index contributed by atoms with van der Waals surface area (Å²) >= 11 is 0. The molecule has 1 aromatic heterocycles. The Balaban J connectivity index is 1.81. The van der Waals surface area contributed by atoms with Crippen LogP contribution in [-0.4, -0.2) is 29.0 Å². The average molecular weight is 421 g/mol. The molecule has 1 atom stereocenters. The van der Waals surface area contributed by atoms with Crippen LogP contribution in [0.5, 0.6) is 0 Å². The van der Waals surface area contributed by atoms with Gasteiger partial charge in [-0.3, -0.25) is 4.68 Å². The lowest BCUT2D eigenvalue weighted by Gasteiger charge is -2.34. The van der Waals surface area contributed by atoms with E-state index >= 15 is 0 Å². The molecule has 9 heteroatoms. The molecule has 1 unspecified atom stereocenters. The van der Waals surface area contributed by atoms with Crippen molar-refractivity contribution in [1.82, 2.24) is 14.1 Å². The minimum atomic E-state index is -4.76. The Morgan fingerprint density at radius 1 is 1.07 bits per heavy atom. The Hall–Kier alpha value is -2.65. The summed E-state index contributed by atoms with van der Waals surface area (Å²) < 4.78 is 69.5. The highest BCUT2D eigenvalue weighted by atomic mass is 32.2. The molecule has 0 saturated heterocycles. The summed E-state index contributed by atoms with van der Waals surface area (Å²) in [5.41, 5.74) is 1.37. The Labute approximate surface area is 166 Å². The molecule has 2 aromatic carbocycles. The lowest BCUT2D eigenvalue weighted by Crippen LogP contribution is -2.39. The molecule has 0 saturated carbocycles. The summed E-state index contributed by atoms with van der Waals surface area (Å²) in [6, 6.07) is 11.7. The molecule has 4 rings (SSSR count). The molecule has 0 amide bonds. The molecular weight excluding hydrogens is 403 g/mol. The minimum Gasteiger partial charge on any atom is -0.276 e. The van der Waals surface area contributed by atoms with Gasteiger partial charge in [0.2, 0.25) is 10.0 Å². The number of halogens is 3. The van der Waals surface area contributed by atoms with Crippen LogP contribution in [0.4, 0.5) is 13.2 Å². The first-order valence-electron chi connectivity index (χ1n) is 8.90. The quantitative estimate of drug-likeness (QED) is 0.647. The number of nitrogens with zero attached hydrogens (tertiary/aromatic N) is 3. The summed E-state index contributed by atoms with van der Waals surface area (Å²) in [5.74, 6) is -0.318. The molecule has 2 heterocycles. The first-order valence-corrected chi connectivity index (χ1v) is 10.3. The third-order valence-electron chi connectivity index (χ3n) is 5.10. The Bertz CT molecular complexity index is 1160. The van der Waals surface area contributed by atoms with Crippen molar-refractivity contribution >= 4 is 10.0 Å². The number of fused-ring (bicyclic) bond motifs is 1. The number of sulfonamides is 1. The van der Waals surface area contributed by atoms with Gasteiger partial charge in [-0.25, -0.2) is 8.42 Å². The minimum absolute atomic E-state index is 0.0153. The van der Waals surface area contributed by atoms with Gasteiger partial charge in [0, 0.05) is 32.3 Å². The Morgan fingerprint density at radius 2 is 1.76 bits per heavy atom. The molecule has 0 fully saturated rings. The zero-order valence-electron chi connectivity index (χ0n) is 15.5. The zero-order chi connectivity index (χ0) is 20.8. The van der Waals surface area contributed by atoms with E-state index in [2.05, 4.69) is 5.10 Å². The van der Waals surface area contributed by atoms with Gasteiger partial charge in [-0.15, -0.1) is 0 Å². The number of alkyl halides is 3. The van der Waals surface area contributed by atoms with E-state index in [0.29, 0.717) is 0 Å². The van der Waals surface area contributed by atoms with Gasteiger partial charge in [-0.2, -0.15) is 22.6 Å². The maximum atomic E-state index is 13.4. The molecule has 0 bridgehead atoms. The Kier molecular flexibility index (Phi) is 4.74. The maximum Gasteiger partial charge on any atom is 0.417 e. The molecule has 0 aliphatic carbocycles. The molecule has 5 nitrogen and oxygen atoms in total. The fourth-order valence-corrected chi connectivity index (χ4v) is 5.37. The smallest absolute Gasteiger partial charge is 0.276 e. The molecule has 0 spiro atoms. The second-order valence-corrected chi connectivity index (χ2v) is 8.90. The zero-order valence-corrected chi connectivity index (χ0v) is 16.3. The van der Waals surface area contributed by atoms with Gasteiger partial charge < -0.3 is 0 Å². The number of hydrogen-bond donors (Lipinski definition) is 0. The normalized spacial score (nSPS) is 17.9. The first-order chi connectivity index (χ1) is 13.7. The summed E-state index contributed by atoms with van der Waals surface area (Å²) in [5, 5.41) is 4.16. The van der Waals surface area contributed by atoms with E-state index in [4.69, 9.17) is 0 Å². The highest BCUT2D eigenvalue weighted by Gasteiger charge is 2.41. The predicted octanol–water partition coefficient (Wildman–Crippen LogP) is 3.78. The van der Waals surface area contributed by atoms with Crippen molar-refractivity contribution in [3.8, 4) is 0 Å². The molecule has 1 aliphatic rings. The summed E-state index contributed by atoms with van der Waals surface area (Å²) in [6.45, 7) is 0.0543. The fourth-order valence-electron chi connectivity index (χ4n) is 3.73. The van der Waals surface area contributed by atoms with Gasteiger partial charge in [0.25, 0.3) is 0 Å². The first kappa shape index (κ1) is 19.7. The van der Waals surface area contributed by atoms with Gasteiger partial charge in [0.15, 0.2) is 0 Å². The predicted molar refractivity (Wildman–Crippen MR) is 101 cm³/mol. The summed E-state index contributed by atoms with van der Waals surface area (Å²) in [7, 11) is -2.61. The number of aromatic nitrogens is 2. The van der Waals surface area contributed by atoms with Crippen molar-refractivity contribution in [2.45, 2.75) is 23.5 Å². The van der Waals surface area contributed by atoms with Crippen molar-refractivity contribution < 1.29 is 21.6 Å². The van der Waals surface area contributed by atoms with E-state index in [1.165, 1.54) is 12.1 Å². The van der Waals surface area contributed by atoms with Crippen LogP contribution < -0.4 is 0 Å². The van der Waals surface area contributed by atoms with Crippen molar-refractivity contribution in [2.75, 3.05) is 6.54 Å². The second-order valence-electron chi connectivity index (χ2n) is 6.99. The van der Waals surface area contributed by atoms with Crippen molar-refractivity contribution in [1.29, 1.82) is 0 Å². The third kappa shape index (κ3) is 3.56. The highest BCUT2D eigenvalue weighted by molar-refractivity contribution is 7.89. The topological polar surface area (TPSA) is 55.2 Å². The SMILES string of the molecule is Cn1cc(C2CN(S(=O)(=O)c3ccccc3C(F)(F)F)Cc3ccccc32)cn1. The van der Waals surface area contributed by atoms with Gasteiger partial charge in [-0.1, -0.05) is 36.4 Å². The number of rotatable bonds is 3. The number of benzene rings is 2. The third-order valence-corrected chi connectivity index (χ3v) is 6.97. The van der Waals surface area contributed by atoms with Gasteiger partial charge in [0.05, 0.1) is 16.7 Å². The lowest BCUT2D eigenvalue weighted by atomic mass is 9.87. The van der Waals surface area contributed by atoms with Crippen molar-refractivity contribution in [2.24, 2.45) is 7.05 Å². The van der Waals surface area contributed by atoms with E-state index in [9.17, 15) is 21.6 Å². The molecule has 3 aromatic rings. The number of hydrogen-bond acceptors (Lipinski definition) is 3.